The van der Waals surface area contributed by atoms with E-state index in [-0.39, 0.29) is 11.8 Å². The van der Waals surface area contributed by atoms with Crippen molar-refractivity contribution in [2.24, 2.45) is 0 Å². The number of hydrogen-bond donors (Lipinski definition) is 1. The van der Waals surface area contributed by atoms with Crippen LogP contribution < -0.4 is 15.0 Å². The van der Waals surface area contributed by atoms with Gasteiger partial charge in [-0.1, -0.05) is 25.4 Å². The van der Waals surface area contributed by atoms with Gasteiger partial charge in [0.2, 0.25) is 11.8 Å². The largest absolute Gasteiger partial charge is 0.497 e. The maximum absolute atomic E-state index is 12.6. The lowest BCUT2D eigenvalue weighted by Gasteiger charge is -2.38. The van der Waals surface area contributed by atoms with Crippen molar-refractivity contribution in [3.05, 3.63) is 23.2 Å². The van der Waals surface area contributed by atoms with Gasteiger partial charge in [0.05, 0.1) is 17.8 Å². The molecule has 0 bridgehead atoms. The van der Waals surface area contributed by atoms with Gasteiger partial charge >= 0.3 is 0 Å². The molecule has 0 radical (unpaired) electrons. The van der Waals surface area contributed by atoms with E-state index in [0.717, 1.165) is 0 Å². The molecule has 2 atom stereocenters. The Morgan fingerprint density at radius 3 is 2.57 bits per heavy atom. The van der Waals surface area contributed by atoms with Gasteiger partial charge in [-0.05, 0) is 25.0 Å². The predicted molar refractivity (Wildman–Crippen MR) is 81.8 cm³/mol. The van der Waals surface area contributed by atoms with E-state index >= 15 is 0 Å². The standard InChI is InChI=1S/C15H19ClN2O3/c1-4-11-15(20)18(12(5-2)14(19)17-11)13-8-9(21-3)6-7-10(13)16/h6-8,11-12H,4-5H2,1-3H3,(H,17,19). The molecule has 2 rings (SSSR count). The van der Waals surface area contributed by atoms with Crippen LogP contribution in [-0.2, 0) is 9.59 Å². The van der Waals surface area contributed by atoms with Crippen LogP contribution in [0.3, 0.4) is 0 Å². The maximum Gasteiger partial charge on any atom is 0.250 e. The molecule has 2 amide bonds. The number of piperazine rings is 1. The van der Waals surface area contributed by atoms with Gasteiger partial charge < -0.3 is 10.1 Å². The van der Waals surface area contributed by atoms with Crippen molar-refractivity contribution in [3.63, 3.8) is 0 Å². The Morgan fingerprint density at radius 1 is 1.29 bits per heavy atom. The Morgan fingerprint density at radius 2 is 2.00 bits per heavy atom. The van der Waals surface area contributed by atoms with E-state index in [1.54, 1.807) is 25.3 Å². The summed E-state index contributed by atoms with van der Waals surface area (Å²) in [5.74, 6) is 0.304. The quantitative estimate of drug-likeness (QED) is 0.929. The molecule has 114 valence electrons. The van der Waals surface area contributed by atoms with E-state index in [2.05, 4.69) is 5.32 Å². The number of rotatable bonds is 4. The molecule has 1 N–H and O–H groups in total. The van der Waals surface area contributed by atoms with Gasteiger partial charge in [0.1, 0.15) is 17.8 Å². The van der Waals surface area contributed by atoms with Crippen LogP contribution in [0.5, 0.6) is 5.75 Å². The Labute approximate surface area is 129 Å². The lowest BCUT2D eigenvalue weighted by molar-refractivity contribution is -0.134. The second-order valence-electron chi connectivity index (χ2n) is 4.92. The van der Waals surface area contributed by atoms with Gasteiger partial charge in [0, 0.05) is 6.07 Å². The van der Waals surface area contributed by atoms with Crippen LogP contribution in [0.15, 0.2) is 18.2 Å². The molecule has 0 aromatic heterocycles. The van der Waals surface area contributed by atoms with Gasteiger partial charge in [0.15, 0.2) is 0 Å². The van der Waals surface area contributed by atoms with Crippen molar-refractivity contribution in [3.8, 4) is 5.75 Å². The van der Waals surface area contributed by atoms with E-state index in [1.165, 1.54) is 4.90 Å². The molecule has 1 aromatic carbocycles. The predicted octanol–water partition coefficient (Wildman–Crippen LogP) is 2.37. The highest BCUT2D eigenvalue weighted by molar-refractivity contribution is 6.34. The molecule has 1 aromatic rings. The molecule has 0 spiro atoms. The number of hydrogen-bond acceptors (Lipinski definition) is 3. The number of anilines is 1. The summed E-state index contributed by atoms with van der Waals surface area (Å²) in [6.45, 7) is 3.73. The van der Waals surface area contributed by atoms with E-state index in [9.17, 15) is 9.59 Å². The van der Waals surface area contributed by atoms with Gasteiger partial charge in [-0.25, -0.2) is 0 Å². The van der Waals surface area contributed by atoms with E-state index in [1.807, 2.05) is 13.8 Å². The molecule has 1 saturated heterocycles. The third kappa shape index (κ3) is 2.83. The van der Waals surface area contributed by atoms with Crippen LogP contribution in [0.4, 0.5) is 5.69 Å². The number of nitrogens with zero attached hydrogens (tertiary/aromatic N) is 1. The van der Waals surface area contributed by atoms with Crippen molar-refractivity contribution in [2.45, 2.75) is 38.8 Å². The van der Waals surface area contributed by atoms with Crippen molar-refractivity contribution in [1.82, 2.24) is 5.32 Å². The van der Waals surface area contributed by atoms with Gasteiger partial charge in [0.25, 0.3) is 0 Å². The summed E-state index contributed by atoms with van der Waals surface area (Å²) in [5, 5.41) is 3.18. The van der Waals surface area contributed by atoms with E-state index in [4.69, 9.17) is 16.3 Å². The molecule has 0 saturated carbocycles. The number of ether oxygens (including phenoxy) is 1. The number of methoxy groups -OCH3 is 1. The molecule has 5 nitrogen and oxygen atoms in total. The highest BCUT2D eigenvalue weighted by Crippen LogP contribution is 2.33. The maximum atomic E-state index is 12.6. The summed E-state index contributed by atoms with van der Waals surface area (Å²) < 4.78 is 5.19. The first-order chi connectivity index (χ1) is 10.0. The number of nitrogens with one attached hydrogen (secondary N) is 1. The molecular weight excluding hydrogens is 292 g/mol. The molecular formula is C15H19ClN2O3. The fraction of sp³-hybridized carbons (Fsp3) is 0.467. The molecule has 1 fully saturated rings. The van der Waals surface area contributed by atoms with Gasteiger partial charge in [-0.3, -0.25) is 14.5 Å². The Bertz CT molecular complexity index is 562. The summed E-state index contributed by atoms with van der Waals surface area (Å²) in [5.41, 5.74) is 0.515. The lowest BCUT2D eigenvalue weighted by Crippen LogP contribution is -2.63. The summed E-state index contributed by atoms with van der Waals surface area (Å²) in [7, 11) is 1.55. The van der Waals surface area contributed by atoms with Crippen LogP contribution in [0, 0.1) is 0 Å². The minimum atomic E-state index is -0.551. The molecule has 6 heteroatoms. The first kappa shape index (κ1) is 15.6. The molecule has 1 aliphatic heterocycles. The minimum Gasteiger partial charge on any atom is -0.497 e. The van der Waals surface area contributed by atoms with Crippen LogP contribution in [0.25, 0.3) is 0 Å². The number of halogens is 1. The van der Waals surface area contributed by atoms with E-state index in [0.29, 0.717) is 29.3 Å². The Hall–Kier alpha value is -1.75. The zero-order chi connectivity index (χ0) is 15.6. The minimum absolute atomic E-state index is 0.140. The topological polar surface area (TPSA) is 58.6 Å². The smallest absolute Gasteiger partial charge is 0.250 e. The first-order valence-electron chi connectivity index (χ1n) is 7.00. The second kappa shape index (κ2) is 6.35. The third-order valence-electron chi connectivity index (χ3n) is 3.67. The summed E-state index contributed by atoms with van der Waals surface area (Å²) >= 11 is 6.23. The van der Waals surface area contributed by atoms with Crippen LogP contribution in [0.1, 0.15) is 26.7 Å². The zero-order valence-electron chi connectivity index (χ0n) is 12.4. The first-order valence-corrected chi connectivity index (χ1v) is 7.38. The lowest BCUT2D eigenvalue weighted by atomic mass is 10.0. The van der Waals surface area contributed by atoms with Crippen LogP contribution in [0.2, 0.25) is 5.02 Å². The number of amides is 2. The summed E-state index contributed by atoms with van der Waals surface area (Å²) in [4.78, 5) is 26.3. The second-order valence-corrected chi connectivity index (χ2v) is 5.33. The molecule has 1 heterocycles. The highest BCUT2D eigenvalue weighted by Gasteiger charge is 2.40. The van der Waals surface area contributed by atoms with Crippen molar-refractivity contribution in [2.75, 3.05) is 12.0 Å². The van der Waals surface area contributed by atoms with Crippen molar-refractivity contribution < 1.29 is 14.3 Å². The number of benzene rings is 1. The molecule has 0 aliphatic carbocycles. The Balaban J connectivity index is 2.50. The fourth-order valence-corrected chi connectivity index (χ4v) is 2.71. The average Bonchev–Trinajstić information content (AvgIpc) is 2.49. The van der Waals surface area contributed by atoms with Gasteiger partial charge in [-0.15, -0.1) is 0 Å². The molecule has 2 unspecified atom stereocenters. The van der Waals surface area contributed by atoms with E-state index < -0.39 is 12.1 Å². The Kier molecular flexibility index (Phi) is 4.73. The SMILES string of the molecule is CCC1NC(=O)C(CC)N(c2cc(OC)ccc2Cl)C1=O. The summed E-state index contributed by atoms with van der Waals surface area (Å²) in [6, 6.07) is 4.02. The third-order valence-corrected chi connectivity index (χ3v) is 3.99. The number of carbonyl (C=O) groups excluding carboxylic acids is 2. The average molecular weight is 311 g/mol. The molecule has 21 heavy (non-hydrogen) atoms. The highest BCUT2D eigenvalue weighted by atomic mass is 35.5. The zero-order valence-corrected chi connectivity index (χ0v) is 13.1. The monoisotopic (exact) mass is 310 g/mol. The fourth-order valence-electron chi connectivity index (χ4n) is 2.50. The normalized spacial score (nSPS) is 22.2. The van der Waals surface area contributed by atoms with Crippen molar-refractivity contribution >= 4 is 29.1 Å². The van der Waals surface area contributed by atoms with Crippen molar-refractivity contribution in [1.29, 1.82) is 0 Å². The molecule has 1 aliphatic rings. The van der Waals surface area contributed by atoms with Gasteiger partial charge in [-0.2, -0.15) is 0 Å². The van der Waals surface area contributed by atoms with Crippen LogP contribution in [-0.4, -0.2) is 31.0 Å². The van der Waals surface area contributed by atoms with Crippen LogP contribution >= 0.6 is 11.6 Å². The number of carbonyl (C=O) groups is 2. The summed E-state index contributed by atoms with van der Waals surface area (Å²) in [6.07, 6.45) is 1.06.